The molecule has 0 spiro atoms. The number of aromatic nitrogens is 2. The average Bonchev–Trinajstić information content (AvgIpc) is 2.77. The Balaban J connectivity index is 1.93. The first kappa shape index (κ1) is 13.1. The molecule has 0 aliphatic carbocycles. The van der Waals surface area contributed by atoms with Crippen LogP contribution in [0.4, 0.5) is 5.82 Å². The van der Waals surface area contributed by atoms with Crippen molar-refractivity contribution in [1.82, 2.24) is 15.1 Å². The fraction of sp³-hybridized carbons (Fsp3) is 0.692. The fourth-order valence-corrected chi connectivity index (χ4v) is 2.21. The highest BCUT2D eigenvalue weighted by Gasteiger charge is 2.24. The van der Waals surface area contributed by atoms with Gasteiger partial charge in [-0.3, -0.25) is 9.48 Å². The number of rotatable bonds is 3. The first-order valence-electron chi connectivity index (χ1n) is 6.65. The van der Waals surface area contributed by atoms with Crippen molar-refractivity contribution in [3.8, 4) is 0 Å². The van der Waals surface area contributed by atoms with Crippen molar-refractivity contribution in [3.05, 3.63) is 12.3 Å². The molecule has 2 rings (SSSR count). The molecule has 0 aromatic carbocycles. The minimum absolute atomic E-state index is 0.0237. The molecule has 2 N–H and O–H groups in total. The lowest BCUT2D eigenvalue weighted by Gasteiger charge is -2.26. The van der Waals surface area contributed by atoms with Gasteiger partial charge < -0.3 is 10.6 Å². The van der Waals surface area contributed by atoms with Gasteiger partial charge in [-0.25, -0.2) is 0 Å². The van der Waals surface area contributed by atoms with Crippen molar-refractivity contribution in [1.29, 1.82) is 0 Å². The lowest BCUT2D eigenvalue weighted by molar-refractivity contribution is -0.119. The standard InChI is InChI=1S/C13H22N4O/c1-9(2)17-7-5-12(16-17)15-13(18)11-8-10(3)4-6-14-11/h5,7,9-11,14H,4,6,8H2,1-3H3,(H,15,16,18). The Morgan fingerprint density at radius 1 is 1.61 bits per heavy atom. The highest BCUT2D eigenvalue weighted by molar-refractivity contribution is 5.94. The summed E-state index contributed by atoms with van der Waals surface area (Å²) in [6.45, 7) is 7.22. The molecule has 100 valence electrons. The summed E-state index contributed by atoms with van der Waals surface area (Å²) in [6, 6.07) is 2.06. The van der Waals surface area contributed by atoms with Crippen LogP contribution >= 0.6 is 0 Å². The number of piperidine rings is 1. The monoisotopic (exact) mass is 250 g/mol. The summed E-state index contributed by atoms with van der Waals surface area (Å²) < 4.78 is 1.84. The van der Waals surface area contributed by atoms with Crippen LogP contribution in [-0.2, 0) is 4.79 Å². The maximum absolute atomic E-state index is 12.1. The molecule has 1 aliphatic heterocycles. The summed E-state index contributed by atoms with van der Waals surface area (Å²) in [4.78, 5) is 12.1. The number of nitrogens with zero attached hydrogens (tertiary/aromatic N) is 2. The normalized spacial score (nSPS) is 24.2. The van der Waals surface area contributed by atoms with E-state index in [1.165, 1.54) is 0 Å². The van der Waals surface area contributed by atoms with E-state index in [1.807, 2.05) is 16.9 Å². The summed E-state index contributed by atoms with van der Waals surface area (Å²) >= 11 is 0. The van der Waals surface area contributed by atoms with Crippen LogP contribution in [-0.4, -0.2) is 28.3 Å². The molecule has 5 nitrogen and oxygen atoms in total. The third-order valence-corrected chi connectivity index (χ3v) is 3.37. The molecule has 2 atom stereocenters. The van der Waals surface area contributed by atoms with Crippen LogP contribution in [0.5, 0.6) is 0 Å². The zero-order valence-corrected chi connectivity index (χ0v) is 11.3. The van der Waals surface area contributed by atoms with Crippen LogP contribution in [0, 0.1) is 5.92 Å². The van der Waals surface area contributed by atoms with Crippen molar-refractivity contribution >= 4 is 11.7 Å². The van der Waals surface area contributed by atoms with Gasteiger partial charge in [-0.1, -0.05) is 6.92 Å². The SMILES string of the molecule is CC1CCNC(C(=O)Nc2ccn(C(C)C)n2)C1. The van der Waals surface area contributed by atoms with Gasteiger partial charge in [0.15, 0.2) is 5.82 Å². The number of carbonyl (C=O) groups is 1. The van der Waals surface area contributed by atoms with Crippen molar-refractivity contribution < 1.29 is 4.79 Å². The quantitative estimate of drug-likeness (QED) is 0.860. The van der Waals surface area contributed by atoms with E-state index in [0.717, 1.165) is 19.4 Å². The Bertz CT molecular complexity index is 413. The van der Waals surface area contributed by atoms with E-state index < -0.39 is 0 Å². The largest absolute Gasteiger partial charge is 0.308 e. The lowest BCUT2D eigenvalue weighted by atomic mass is 9.94. The molecule has 1 aromatic heterocycles. The fourth-order valence-electron chi connectivity index (χ4n) is 2.21. The Morgan fingerprint density at radius 3 is 3.00 bits per heavy atom. The second kappa shape index (κ2) is 5.52. The predicted molar refractivity (Wildman–Crippen MR) is 71.4 cm³/mol. The summed E-state index contributed by atoms with van der Waals surface area (Å²) in [5.74, 6) is 1.26. The van der Waals surface area contributed by atoms with Crippen molar-refractivity contribution in [2.45, 2.75) is 45.7 Å². The Kier molecular flexibility index (Phi) is 4.01. The van der Waals surface area contributed by atoms with Crippen LogP contribution in [0.1, 0.15) is 39.7 Å². The molecule has 2 heterocycles. The summed E-state index contributed by atoms with van der Waals surface area (Å²) in [5.41, 5.74) is 0. The average molecular weight is 250 g/mol. The summed E-state index contributed by atoms with van der Waals surface area (Å²) in [7, 11) is 0. The van der Waals surface area contributed by atoms with E-state index in [4.69, 9.17) is 0 Å². The molecule has 5 heteroatoms. The van der Waals surface area contributed by atoms with Gasteiger partial charge in [0, 0.05) is 18.3 Å². The lowest BCUT2D eigenvalue weighted by Crippen LogP contribution is -2.45. The number of hydrogen-bond donors (Lipinski definition) is 2. The van der Waals surface area contributed by atoms with Gasteiger partial charge in [-0.15, -0.1) is 0 Å². The predicted octanol–water partition coefficient (Wildman–Crippen LogP) is 1.79. The van der Waals surface area contributed by atoms with Crippen LogP contribution in [0.2, 0.25) is 0 Å². The zero-order valence-electron chi connectivity index (χ0n) is 11.3. The minimum atomic E-state index is -0.0852. The molecule has 1 aliphatic rings. The van der Waals surface area contributed by atoms with Gasteiger partial charge in [0.05, 0.1) is 6.04 Å². The Morgan fingerprint density at radius 2 is 2.39 bits per heavy atom. The molecule has 0 saturated carbocycles. The molecular formula is C13H22N4O. The van der Waals surface area contributed by atoms with Gasteiger partial charge >= 0.3 is 0 Å². The minimum Gasteiger partial charge on any atom is -0.308 e. The van der Waals surface area contributed by atoms with Gasteiger partial charge in [0.25, 0.3) is 0 Å². The molecule has 0 bridgehead atoms. The molecule has 1 amide bonds. The zero-order chi connectivity index (χ0) is 13.1. The molecule has 0 radical (unpaired) electrons. The van der Waals surface area contributed by atoms with Crippen molar-refractivity contribution in [2.24, 2.45) is 5.92 Å². The van der Waals surface area contributed by atoms with Crippen LogP contribution in [0.25, 0.3) is 0 Å². The Hall–Kier alpha value is -1.36. The van der Waals surface area contributed by atoms with E-state index in [-0.39, 0.29) is 11.9 Å². The van der Waals surface area contributed by atoms with Gasteiger partial charge in [0.1, 0.15) is 0 Å². The first-order chi connectivity index (χ1) is 8.56. The second-order valence-electron chi connectivity index (χ2n) is 5.40. The maximum Gasteiger partial charge on any atom is 0.242 e. The van der Waals surface area contributed by atoms with Crippen molar-refractivity contribution in [3.63, 3.8) is 0 Å². The topological polar surface area (TPSA) is 59.0 Å². The van der Waals surface area contributed by atoms with E-state index in [1.54, 1.807) is 0 Å². The van der Waals surface area contributed by atoms with E-state index in [0.29, 0.717) is 17.8 Å². The number of amides is 1. The third kappa shape index (κ3) is 3.10. The third-order valence-electron chi connectivity index (χ3n) is 3.37. The molecule has 2 unspecified atom stereocenters. The molecular weight excluding hydrogens is 228 g/mol. The van der Waals surface area contributed by atoms with Crippen LogP contribution < -0.4 is 10.6 Å². The Labute approximate surface area is 108 Å². The van der Waals surface area contributed by atoms with Gasteiger partial charge in [-0.05, 0) is 39.2 Å². The van der Waals surface area contributed by atoms with E-state index in [2.05, 4.69) is 36.5 Å². The number of hydrogen-bond acceptors (Lipinski definition) is 3. The smallest absolute Gasteiger partial charge is 0.242 e. The van der Waals surface area contributed by atoms with Gasteiger partial charge in [0.2, 0.25) is 5.91 Å². The highest BCUT2D eigenvalue weighted by Crippen LogP contribution is 2.16. The molecule has 1 saturated heterocycles. The van der Waals surface area contributed by atoms with E-state index >= 15 is 0 Å². The van der Waals surface area contributed by atoms with Crippen molar-refractivity contribution in [2.75, 3.05) is 11.9 Å². The van der Waals surface area contributed by atoms with Gasteiger partial charge in [-0.2, -0.15) is 5.10 Å². The molecule has 18 heavy (non-hydrogen) atoms. The van der Waals surface area contributed by atoms with Crippen LogP contribution in [0.15, 0.2) is 12.3 Å². The first-order valence-corrected chi connectivity index (χ1v) is 6.65. The van der Waals surface area contributed by atoms with Crippen LogP contribution in [0.3, 0.4) is 0 Å². The molecule has 1 fully saturated rings. The molecule has 1 aromatic rings. The maximum atomic E-state index is 12.1. The number of anilines is 1. The number of carbonyl (C=O) groups excluding carboxylic acids is 1. The van der Waals surface area contributed by atoms with E-state index in [9.17, 15) is 4.79 Å². The highest BCUT2D eigenvalue weighted by atomic mass is 16.2. The second-order valence-corrected chi connectivity index (χ2v) is 5.40. The number of nitrogens with one attached hydrogen (secondary N) is 2. The summed E-state index contributed by atoms with van der Waals surface area (Å²) in [6.07, 6.45) is 3.93. The summed E-state index contributed by atoms with van der Waals surface area (Å²) in [5, 5.41) is 10.4.